The third-order valence-corrected chi connectivity index (χ3v) is 5.10. The minimum absolute atomic E-state index is 0.173. The molecule has 2 aromatic heterocycles. The molecule has 3 aromatic carbocycles. The van der Waals surface area contributed by atoms with Gasteiger partial charge in [0.1, 0.15) is 5.75 Å². The van der Waals surface area contributed by atoms with Crippen LogP contribution in [0.3, 0.4) is 0 Å². The zero-order valence-electron chi connectivity index (χ0n) is 17.4. The molecule has 0 aliphatic carbocycles. The molecule has 152 valence electrons. The van der Waals surface area contributed by atoms with Crippen LogP contribution in [0.15, 0.2) is 85.2 Å². The van der Waals surface area contributed by atoms with E-state index in [4.69, 9.17) is 4.74 Å². The highest BCUT2D eigenvalue weighted by molar-refractivity contribution is 5.81. The minimum Gasteiger partial charge on any atom is -0.491 e. The summed E-state index contributed by atoms with van der Waals surface area (Å²) in [6, 6.07) is 24.7. The Balaban J connectivity index is 1.37. The summed E-state index contributed by atoms with van der Waals surface area (Å²) in [5.74, 6) is 0.889. The van der Waals surface area contributed by atoms with Crippen molar-refractivity contribution in [3.63, 3.8) is 0 Å². The molecular formula is C26H22N4O. The number of hydrogen-bond acceptors (Lipinski definition) is 4. The number of nitrogens with one attached hydrogen (secondary N) is 1. The minimum atomic E-state index is 0.173. The molecule has 0 unspecified atom stereocenters. The third-order valence-electron chi connectivity index (χ3n) is 5.10. The van der Waals surface area contributed by atoms with Crippen molar-refractivity contribution >= 4 is 11.0 Å². The van der Waals surface area contributed by atoms with Crippen molar-refractivity contribution in [1.82, 2.24) is 20.2 Å². The van der Waals surface area contributed by atoms with E-state index in [1.165, 1.54) is 0 Å². The maximum absolute atomic E-state index is 5.73. The average molecular weight is 406 g/mol. The van der Waals surface area contributed by atoms with E-state index in [1.54, 1.807) is 12.4 Å². The van der Waals surface area contributed by atoms with Crippen LogP contribution in [0, 0.1) is 0 Å². The summed E-state index contributed by atoms with van der Waals surface area (Å²) in [4.78, 5) is 8.70. The molecule has 0 atom stereocenters. The Hall–Kier alpha value is -3.99. The second kappa shape index (κ2) is 8.03. The summed E-state index contributed by atoms with van der Waals surface area (Å²) in [6.45, 7) is 4.06. The van der Waals surface area contributed by atoms with Gasteiger partial charge in [-0.25, -0.2) is 0 Å². The summed E-state index contributed by atoms with van der Waals surface area (Å²) < 4.78 is 5.73. The van der Waals surface area contributed by atoms with E-state index in [0.29, 0.717) is 0 Å². The monoisotopic (exact) mass is 406 g/mol. The number of nitrogens with zero attached hydrogens (tertiary/aromatic N) is 3. The first-order chi connectivity index (χ1) is 15.2. The van der Waals surface area contributed by atoms with Gasteiger partial charge in [0.25, 0.3) is 0 Å². The van der Waals surface area contributed by atoms with E-state index < -0.39 is 0 Å². The topological polar surface area (TPSA) is 63.7 Å². The summed E-state index contributed by atoms with van der Waals surface area (Å²) >= 11 is 0. The van der Waals surface area contributed by atoms with E-state index in [1.807, 2.05) is 44.2 Å². The van der Waals surface area contributed by atoms with Gasteiger partial charge in [-0.1, -0.05) is 42.5 Å². The quantitative estimate of drug-likeness (QED) is 0.381. The molecule has 2 heterocycles. The van der Waals surface area contributed by atoms with Gasteiger partial charge in [-0.15, -0.1) is 0 Å². The molecule has 1 N–H and O–H groups in total. The number of benzene rings is 3. The normalized spacial score (nSPS) is 11.2. The van der Waals surface area contributed by atoms with Crippen LogP contribution in [0.1, 0.15) is 13.8 Å². The first-order valence-corrected chi connectivity index (χ1v) is 10.3. The summed E-state index contributed by atoms with van der Waals surface area (Å²) in [5.41, 5.74) is 8.01. The molecule has 0 amide bonds. The molecule has 0 saturated carbocycles. The largest absolute Gasteiger partial charge is 0.491 e. The maximum atomic E-state index is 5.73. The Morgan fingerprint density at radius 2 is 1.29 bits per heavy atom. The van der Waals surface area contributed by atoms with Gasteiger partial charge in [-0.2, -0.15) is 5.10 Å². The second-order valence-corrected chi connectivity index (χ2v) is 7.70. The maximum Gasteiger partial charge on any atom is 0.119 e. The number of hydrogen-bond donors (Lipinski definition) is 1. The average Bonchev–Trinajstić information content (AvgIpc) is 3.29. The molecular weight excluding hydrogens is 384 g/mol. The lowest BCUT2D eigenvalue weighted by Crippen LogP contribution is -2.05. The van der Waals surface area contributed by atoms with Crippen LogP contribution in [0.25, 0.3) is 44.7 Å². The number of H-pyrrole nitrogens is 1. The zero-order chi connectivity index (χ0) is 21.2. The van der Waals surface area contributed by atoms with Gasteiger partial charge in [-0.3, -0.25) is 15.1 Å². The Labute approximate surface area is 180 Å². The second-order valence-electron chi connectivity index (χ2n) is 7.70. The van der Waals surface area contributed by atoms with Crippen molar-refractivity contribution in [2.24, 2.45) is 0 Å². The molecule has 0 bridgehead atoms. The van der Waals surface area contributed by atoms with Crippen molar-refractivity contribution in [3.05, 3.63) is 85.2 Å². The lowest BCUT2D eigenvalue weighted by atomic mass is 10.0. The molecule has 0 radical (unpaired) electrons. The van der Waals surface area contributed by atoms with Crippen LogP contribution in [0.5, 0.6) is 5.75 Å². The summed E-state index contributed by atoms with van der Waals surface area (Å²) in [5, 5.41) is 7.65. The Bertz CT molecular complexity index is 1320. The highest BCUT2D eigenvalue weighted by Gasteiger charge is 2.08. The number of fused-ring (bicyclic) bond motifs is 1. The first kappa shape index (κ1) is 19.0. The van der Waals surface area contributed by atoms with Crippen LogP contribution < -0.4 is 4.74 Å². The van der Waals surface area contributed by atoms with E-state index in [-0.39, 0.29) is 6.10 Å². The Kier molecular flexibility index (Phi) is 4.92. The molecule has 0 fully saturated rings. The van der Waals surface area contributed by atoms with Gasteiger partial charge in [0, 0.05) is 18.0 Å². The van der Waals surface area contributed by atoms with E-state index in [9.17, 15) is 0 Å². The van der Waals surface area contributed by atoms with Crippen molar-refractivity contribution in [1.29, 1.82) is 0 Å². The highest BCUT2D eigenvalue weighted by atomic mass is 16.5. The van der Waals surface area contributed by atoms with E-state index >= 15 is 0 Å². The molecule has 0 spiro atoms. The predicted molar refractivity (Wildman–Crippen MR) is 124 cm³/mol. The molecule has 31 heavy (non-hydrogen) atoms. The smallest absolute Gasteiger partial charge is 0.119 e. The number of aromatic nitrogens is 4. The molecule has 5 rings (SSSR count). The lowest BCUT2D eigenvalue weighted by molar-refractivity contribution is 0.242. The number of ether oxygens (including phenoxy) is 1. The van der Waals surface area contributed by atoms with Crippen molar-refractivity contribution in [2.75, 3.05) is 0 Å². The third kappa shape index (κ3) is 4.03. The van der Waals surface area contributed by atoms with Gasteiger partial charge in [0.2, 0.25) is 0 Å². The van der Waals surface area contributed by atoms with Crippen LogP contribution in [-0.4, -0.2) is 26.3 Å². The van der Waals surface area contributed by atoms with Gasteiger partial charge in [-0.05, 0) is 60.9 Å². The van der Waals surface area contributed by atoms with Gasteiger partial charge < -0.3 is 4.74 Å². The standard InChI is InChI=1S/C26H22N4O/c1-17(2)31-22-10-7-19(8-11-22)18-3-5-20(6-4-18)24-16-25(30-29-24)21-9-12-23-26(15-21)28-14-13-27-23/h3-17H,1-2H3,(H,29,30). The molecule has 0 aliphatic rings. The molecule has 5 heteroatoms. The molecule has 0 saturated heterocycles. The number of aromatic amines is 1. The van der Waals surface area contributed by atoms with Crippen molar-refractivity contribution < 1.29 is 4.74 Å². The fourth-order valence-corrected chi connectivity index (χ4v) is 3.58. The van der Waals surface area contributed by atoms with Crippen LogP contribution in [0.4, 0.5) is 0 Å². The van der Waals surface area contributed by atoms with E-state index in [0.717, 1.165) is 50.4 Å². The SMILES string of the molecule is CC(C)Oc1ccc(-c2ccc(-c3cc(-c4ccc5nccnc5c4)n[nH]3)cc2)cc1. The highest BCUT2D eigenvalue weighted by Crippen LogP contribution is 2.28. The Morgan fingerprint density at radius 3 is 2.00 bits per heavy atom. The van der Waals surface area contributed by atoms with E-state index in [2.05, 4.69) is 62.6 Å². The lowest BCUT2D eigenvalue weighted by Gasteiger charge is -2.10. The Morgan fingerprint density at radius 1 is 0.677 bits per heavy atom. The van der Waals surface area contributed by atoms with Gasteiger partial charge >= 0.3 is 0 Å². The van der Waals surface area contributed by atoms with Crippen LogP contribution >= 0.6 is 0 Å². The van der Waals surface area contributed by atoms with Gasteiger partial charge in [0.15, 0.2) is 0 Å². The number of rotatable bonds is 5. The van der Waals surface area contributed by atoms with Gasteiger partial charge in [0.05, 0.1) is 28.5 Å². The van der Waals surface area contributed by atoms with Crippen molar-refractivity contribution in [2.45, 2.75) is 20.0 Å². The molecule has 5 nitrogen and oxygen atoms in total. The molecule has 5 aromatic rings. The zero-order valence-corrected chi connectivity index (χ0v) is 17.4. The first-order valence-electron chi connectivity index (χ1n) is 10.3. The van der Waals surface area contributed by atoms with Crippen LogP contribution in [-0.2, 0) is 0 Å². The van der Waals surface area contributed by atoms with Crippen LogP contribution in [0.2, 0.25) is 0 Å². The summed E-state index contributed by atoms with van der Waals surface area (Å²) in [7, 11) is 0. The summed E-state index contributed by atoms with van der Waals surface area (Å²) in [6.07, 6.45) is 3.58. The molecule has 0 aliphatic heterocycles. The predicted octanol–water partition coefficient (Wildman–Crippen LogP) is 6.14. The van der Waals surface area contributed by atoms with Crippen molar-refractivity contribution in [3.8, 4) is 39.4 Å². The fourth-order valence-electron chi connectivity index (χ4n) is 3.58. The fraction of sp³-hybridized carbons (Fsp3) is 0.115.